The average Bonchev–Trinajstić information content (AvgIpc) is 3.54. The second-order valence-corrected chi connectivity index (χ2v) is 10.3. The Balaban J connectivity index is 0.000000398. The van der Waals surface area contributed by atoms with Crippen LogP contribution in [-0.2, 0) is 33.8 Å². The highest BCUT2D eigenvalue weighted by Crippen LogP contribution is 2.38. The van der Waals surface area contributed by atoms with Crippen LogP contribution in [0.15, 0.2) is 35.2 Å². The third-order valence-corrected chi connectivity index (χ3v) is 7.39. The zero-order valence-corrected chi connectivity index (χ0v) is 21.7. The van der Waals surface area contributed by atoms with E-state index in [1.165, 1.54) is 17.5 Å². The first-order valence-electron chi connectivity index (χ1n) is 12.3. The summed E-state index contributed by atoms with van der Waals surface area (Å²) in [5, 5.41) is 23.9. The van der Waals surface area contributed by atoms with Gasteiger partial charge in [0.25, 0.3) is 11.9 Å². The molecule has 0 radical (unpaired) electrons. The molecule has 3 aliphatic rings. The lowest BCUT2D eigenvalue weighted by Gasteiger charge is -2.40. The number of benzene rings is 1. The number of aliphatic carboxylic acids is 2. The summed E-state index contributed by atoms with van der Waals surface area (Å²) >= 11 is 1.57. The van der Waals surface area contributed by atoms with Gasteiger partial charge in [0.2, 0.25) is 5.91 Å². The van der Waals surface area contributed by atoms with Gasteiger partial charge in [0.15, 0.2) is 0 Å². The number of thiazole rings is 1. The van der Waals surface area contributed by atoms with E-state index in [4.69, 9.17) is 19.8 Å². The van der Waals surface area contributed by atoms with Crippen LogP contribution in [0, 0.1) is 0 Å². The minimum Gasteiger partial charge on any atom is -0.481 e. The molecule has 2 aromatic rings. The Morgan fingerprint density at radius 2 is 1.72 bits per heavy atom. The molecule has 2 saturated heterocycles. The lowest BCUT2D eigenvalue weighted by atomic mass is 9.84. The van der Waals surface area contributed by atoms with E-state index >= 15 is 0 Å². The van der Waals surface area contributed by atoms with Gasteiger partial charge in [-0.2, -0.15) is 0 Å². The van der Waals surface area contributed by atoms with E-state index in [1.54, 1.807) is 11.3 Å². The average molecular weight is 517 g/mol. The molecule has 1 amide bonds. The Kier molecular flexibility index (Phi) is 9.98. The molecule has 2 atom stereocenters. The quantitative estimate of drug-likeness (QED) is 0.477. The van der Waals surface area contributed by atoms with Crippen molar-refractivity contribution < 1.29 is 24.6 Å². The van der Waals surface area contributed by atoms with Crippen molar-refractivity contribution in [2.45, 2.75) is 76.5 Å². The van der Waals surface area contributed by atoms with Crippen molar-refractivity contribution in [1.82, 2.24) is 20.5 Å². The fraction of sp³-hybridized carbons (Fsp3) is 0.538. The lowest BCUT2D eigenvalue weighted by Crippen LogP contribution is -2.57. The van der Waals surface area contributed by atoms with Crippen LogP contribution in [0.25, 0.3) is 0 Å². The topological polar surface area (TPSA) is 132 Å². The Labute approximate surface area is 215 Å². The van der Waals surface area contributed by atoms with Gasteiger partial charge >= 0.3 is 0 Å². The summed E-state index contributed by atoms with van der Waals surface area (Å²) in [6.45, 7) is 4.72. The van der Waals surface area contributed by atoms with Gasteiger partial charge in [0, 0.05) is 37.9 Å². The highest BCUT2D eigenvalue weighted by atomic mass is 32.1. The molecule has 10 heteroatoms. The van der Waals surface area contributed by atoms with E-state index in [0.717, 1.165) is 64.7 Å². The Bertz CT molecular complexity index is 986. The summed E-state index contributed by atoms with van der Waals surface area (Å²) in [6.07, 6.45) is 6.44. The van der Waals surface area contributed by atoms with Crippen molar-refractivity contribution in [3.8, 4) is 0 Å². The molecule has 0 spiro atoms. The van der Waals surface area contributed by atoms with Gasteiger partial charge in [-0.1, -0.05) is 24.3 Å². The summed E-state index contributed by atoms with van der Waals surface area (Å²) in [7, 11) is 0. The highest BCUT2D eigenvalue weighted by Gasteiger charge is 2.52. The van der Waals surface area contributed by atoms with Crippen molar-refractivity contribution in [2.24, 2.45) is 0 Å². The molecular weight excluding hydrogens is 480 g/mol. The predicted molar refractivity (Wildman–Crippen MR) is 138 cm³/mol. The van der Waals surface area contributed by atoms with Crippen LogP contribution in [0.3, 0.4) is 0 Å². The van der Waals surface area contributed by atoms with Crippen molar-refractivity contribution in [1.29, 1.82) is 0 Å². The number of hydrogen-bond donors (Lipinski definition) is 4. The number of carboxylic acids is 2. The van der Waals surface area contributed by atoms with Crippen LogP contribution < -0.4 is 10.6 Å². The van der Waals surface area contributed by atoms with E-state index in [1.807, 2.05) is 10.9 Å². The number of carbonyl (C=O) groups is 3. The third kappa shape index (κ3) is 7.59. The number of amides is 1. The van der Waals surface area contributed by atoms with Gasteiger partial charge in [-0.25, -0.2) is 4.98 Å². The van der Waals surface area contributed by atoms with Gasteiger partial charge in [-0.3, -0.25) is 19.3 Å². The summed E-state index contributed by atoms with van der Waals surface area (Å²) in [4.78, 5) is 38.0. The van der Waals surface area contributed by atoms with E-state index in [2.05, 4.69) is 44.8 Å². The third-order valence-electron chi connectivity index (χ3n) is 6.76. The first-order chi connectivity index (χ1) is 17.2. The molecule has 4 N–H and O–H groups in total. The van der Waals surface area contributed by atoms with Gasteiger partial charge in [0.1, 0.15) is 5.54 Å². The second kappa shape index (κ2) is 12.9. The standard InChI is InChI=1S/C22H28N4OS.2C2H4O2/c27-21(23-12-20-14-28-15-24-20)22-7-3-4-8-26(22)13-19(11-22)25-18-9-16-5-1-2-6-17(16)10-18;2*1-2(3)4/h1-2,5-6,14-15,18-19,25H,3-4,7-13H2,(H,23,27);2*1H3,(H,3,4)/t19-,22-;;/m0../s1. The highest BCUT2D eigenvalue weighted by molar-refractivity contribution is 7.07. The van der Waals surface area contributed by atoms with Crippen LogP contribution in [0.4, 0.5) is 0 Å². The molecule has 1 aliphatic carbocycles. The zero-order valence-electron chi connectivity index (χ0n) is 20.9. The number of nitrogens with one attached hydrogen (secondary N) is 2. The summed E-state index contributed by atoms with van der Waals surface area (Å²) in [6, 6.07) is 9.67. The normalized spacial score (nSPS) is 22.8. The molecule has 1 aromatic carbocycles. The molecule has 5 rings (SSSR count). The number of piperidine rings is 1. The molecule has 0 unspecified atom stereocenters. The van der Waals surface area contributed by atoms with Gasteiger partial charge in [-0.15, -0.1) is 11.3 Å². The Hall–Kier alpha value is -2.82. The largest absolute Gasteiger partial charge is 0.481 e. The van der Waals surface area contributed by atoms with Crippen molar-refractivity contribution >= 4 is 29.2 Å². The van der Waals surface area contributed by atoms with Crippen LogP contribution in [0.2, 0.25) is 0 Å². The molecule has 196 valence electrons. The maximum Gasteiger partial charge on any atom is 0.300 e. The van der Waals surface area contributed by atoms with Crippen LogP contribution in [0.1, 0.15) is 56.4 Å². The van der Waals surface area contributed by atoms with E-state index in [9.17, 15) is 4.79 Å². The summed E-state index contributed by atoms with van der Waals surface area (Å²) in [5.74, 6) is -1.47. The van der Waals surface area contributed by atoms with Crippen molar-refractivity contribution in [3.63, 3.8) is 0 Å². The first kappa shape index (κ1) is 27.8. The molecule has 0 saturated carbocycles. The number of fused-ring (bicyclic) bond motifs is 2. The molecule has 2 fully saturated rings. The first-order valence-corrected chi connectivity index (χ1v) is 13.3. The number of aromatic nitrogens is 1. The number of nitrogens with zero attached hydrogens (tertiary/aromatic N) is 2. The summed E-state index contributed by atoms with van der Waals surface area (Å²) in [5.41, 5.74) is 5.39. The molecule has 9 nitrogen and oxygen atoms in total. The minimum absolute atomic E-state index is 0.194. The lowest BCUT2D eigenvalue weighted by molar-refractivity contribution is -0.135. The van der Waals surface area contributed by atoms with Crippen LogP contribution >= 0.6 is 11.3 Å². The van der Waals surface area contributed by atoms with E-state index in [0.29, 0.717) is 18.6 Å². The second-order valence-electron chi connectivity index (χ2n) is 9.58. The zero-order chi connectivity index (χ0) is 26.1. The van der Waals surface area contributed by atoms with Gasteiger partial charge < -0.3 is 20.8 Å². The molecular formula is C26H36N4O5S. The fourth-order valence-corrected chi connectivity index (χ4v) is 6.02. The van der Waals surface area contributed by atoms with E-state index < -0.39 is 11.9 Å². The number of carbonyl (C=O) groups excluding carboxylic acids is 1. The van der Waals surface area contributed by atoms with Crippen LogP contribution in [-0.4, -0.2) is 68.7 Å². The molecule has 1 aromatic heterocycles. The van der Waals surface area contributed by atoms with Crippen molar-refractivity contribution in [3.05, 3.63) is 52.0 Å². The predicted octanol–water partition coefficient (Wildman–Crippen LogP) is 2.70. The molecule has 3 heterocycles. The summed E-state index contributed by atoms with van der Waals surface area (Å²) < 4.78 is 0. The smallest absolute Gasteiger partial charge is 0.300 e. The van der Waals surface area contributed by atoms with Crippen molar-refractivity contribution in [2.75, 3.05) is 13.1 Å². The van der Waals surface area contributed by atoms with Gasteiger partial charge in [0.05, 0.1) is 17.7 Å². The van der Waals surface area contributed by atoms with Crippen LogP contribution in [0.5, 0.6) is 0 Å². The Morgan fingerprint density at radius 3 is 2.31 bits per heavy atom. The minimum atomic E-state index is -0.833. The van der Waals surface area contributed by atoms with Gasteiger partial charge in [-0.05, 0) is 56.2 Å². The maximum atomic E-state index is 13.3. The molecule has 0 bridgehead atoms. The maximum absolute atomic E-state index is 13.3. The molecule has 2 aliphatic heterocycles. The number of rotatable bonds is 5. The molecule has 36 heavy (non-hydrogen) atoms. The fourth-order valence-electron chi connectivity index (χ4n) is 5.46. The SMILES string of the molecule is CC(=O)O.CC(=O)O.O=C(NCc1cscn1)[C@@]12CCCCN1C[C@@H](NC1Cc3ccccc3C1)C2. The van der Waals surface area contributed by atoms with E-state index in [-0.39, 0.29) is 11.4 Å². The number of hydrogen-bond acceptors (Lipinski definition) is 7. The Morgan fingerprint density at radius 1 is 1.08 bits per heavy atom. The monoisotopic (exact) mass is 516 g/mol. The number of carboxylic acid groups (broad SMARTS) is 2.